The van der Waals surface area contributed by atoms with Gasteiger partial charge < -0.3 is 15.1 Å². The van der Waals surface area contributed by atoms with Crippen LogP contribution in [-0.4, -0.2) is 59.2 Å². The first-order valence-electron chi connectivity index (χ1n) is 9.01. The van der Waals surface area contributed by atoms with Crippen LogP contribution < -0.4 is 0 Å². The Morgan fingerprint density at radius 2 is 1.96 bits per heavy atom. The van der Waals surface area contributed by atoms with E-state index in [-0.39, 0.29) is 29.6 Å². The van der Waals surface area contributed by atoms with E-state index in [9.17, 15) is 15.0 Å². The number of β-amino-alcohol motifs (C(OH)–C–C–N with tert-alkyl or cyclic N) is 1. The molecule has 1 heterocycles. The second kappa shape index (κ2) is 7.89. The molecule has 1 saturated heterocycles. The molecular weight excluding hydrogens is 364 g/mol. The second-order valence-corrected chi connectivity index (χ2v) is 7.66. The van der Waals surface area contributed by atoms with Crippen molar-refractivity contribution in [3.63, 3.8) is 0 Å². The van der Waals surface area contributed by atoms with E-state index in [0.29, 0.717) is 13.0 Å². The Balaban J connectivity index is 1.75. The van der Waals surface area contributed by atoms with Crippen LogP contribution in [-0.2, 0) is 16.8 Å². The van der Waals surface area contributed by atoms with Crippen LogP contribution in [0.1, 0.15) is 17.5 Å². The predicted molar refractivity (Wildman–Crippen MR) is 106 cm³/mol. The molecular formula is C21H25ClN2O3. The summed E-state index contributed by atoms with van der Waals surface area (Å²) in [6.07, 6.45) is 0.135. The van der Waals surface area contributed by atoms with Crippen molar-refractivity contribution in [1.82, 2.24) is 9.80 Å². The van der Waals surface area contributed by atoms with Gasteiger partial charge in [-0.05, 0) is 43.8 Å². The minimum Gasteiger partial charge on any atom is -0.506 e. The standard InChI is InChI=1S/C21H25ClN2O3/c1-23(2)21(16-6-4-3-5-7-16)10-11-24(14-19(21)26)20(27)13-15-8-9-18(25)17(22)12-15/h3-9,12,19,25-26H,10-11,13-14H2,1-2H3/t19-,21+/m1/s1. The van der Waals surface area contributed by atoms with E-state index in [1.54, 1.807) is 17.0 Å². The van der Waals surface area contributed by atoms with Crippen LogP contribution in [0.5, 0.6) is 5.75 Å². The summed E-state index contributed by atoms with van der Waals surface area (Å²) in [4.78, 5) is 16.5. The molecule has 0 aliphatic carbocycles. The Labute approximate surface area is 164 Å². The summed E-state index contributed by atoms with van der Waals surface area (Å²) in [5.74, 6) is -0.0592. The maximum atomic E-state index is 12.7. The molecule has 3 rings (SSSR count). The van der Waals surface area contributed by atoms with E-state index in [0.717, 1.165) is 11.1 Å². The van der Waals surface area contributed by atoms with Crippen molar-refractivity contribution in [3.05, 3.63) is 64.7 Å². The lowest BCUT2D eigenvalue weighted by atomic mass is 9.77. The van der Waals surface area contributed by atoms with Gasteiger partial charge in [0.25, 0.3) is 0 Å². The fraction of sp³-hybridized carbons (Fsp3) is 0.381. The molecule has 2 aromatic carbocycles. The molecule has 1 aliphatic rings. The number of hydrogen-bond acceptors (Lipinski definition) is 4. The molecule has 0 unspecified atom stereocenters. The third-order valence-electron chi connectivity index (χ3n) is 5.50. The van der Waals surface area contributed by atoms with E-state index in [1.807, 2.05) is 44.4 Å². The molecule has 1 amide bonds. The van der Waals surface area contributed by atoms with Crippen molar-refractivity contribution in [2.75, 3.05) is 27.2 Å². The van der Waals surface area contributed by atoms with Crippen LogP contribution in [0.4, 0.5) is 0 Å². The van der Waals surface area contributed by atoms with Gasteiger partial charge >= 0.3 is 0 Å². The number of carbonyl (C=O) groups excluding carboxylic acids is 1. The van der Waals surface area contributed by atoms with Crippen LogP contribution >= 0.6 is 11.6 Å². The van der Waals surface area contributed by atoms with Crippen molar-refractivity contribution >= 4 is 17.5 Å². The normalized spacial score (nSPS) is 22.9. The molecule has 144 valence electrons. The van der Waals surface area contributed by atoms with Gasteiger partial charge in [0.15, 0.2) is 0 Å². The van der Waals surface area contributed by atoms with Gasteiger partial charge in [-0.1, -0.05) is 48.0 Å². The molecule has 5 nitrogen and oxygen atoms in total. The highest BCUT2D eigenvalue weighted by molar-refractivity contribution is 6.32. The Kier molecular flexibility index (Phi) is 5.75. The maximum Gasteiger partial charge on any atom is 0.227 e. The lowest BCUT2D eigenvalue weighted by molar-refractivity contribution is -0.140. The smallest absolute Gasteiger partial charge is 0.227 e. The van der Waals surface area contributed by atoms with Gasteiger partial charge in [0, 0.05) is 13.1 Å². The minimum absolute atomic E-state index is 0.000104. The predicted octanol–water partition coefficient (Wildman–Crippen LogP) is 2.64. The zero-order valence-electron chi connectivity index (χ0n) is 15.6. The number of aliphatic hydroxyl groups excluding tert-OH is 1. The molecule has 0 spiro atoms. The number of aliphatic hydroxyl groups is 1. The number of phenolic OH excluding ortho intramolecular Hbond substituents is 1. The highest BCUT2D eigenvalue weighted by Gasteiger charge is 2.46. The van der Waals surface area contributed by atoms with Gasteiger partial charge in [-0.3, -0.25) is 9.69 Å². The number of aromatic hydroxyl groups is 1. The number of rotatable bonds is 4. The summed E-state index contributed by atoms with van der Waals surface area (Å²) in [6, 6.07) is 14.7. The number of likely N-dealkylation sites (N-methyl/N-ethyl adjacent to an activating group) is 1. The maximum absolute atomic E-state index is 12.7. The number of amides is 1. The Hall–Kier alpha value is -2.08. The fourth-order valence-corrected chi connectivity index (χ4v) is 4.14. The summed E-state index contributed by atoms with van der Waals surface area (Å²) < 4.78 is 0. The molecule has 0 saturated carbocycles. The number of piperidine rings is 1. The first-order valence-corrected chi connectivity index (χ1v) is 9.38. The lowest BCUT2D eigenvalue weighted by Gasteiger charge is -2.49. The van der Waals surface area contributed by atoms with Crippen molar-refractivity contribution in [1.29, 1.82) is 0 Å². The number of phenols is 1. The van der Waals surface area contributed by atoms with Crippen LogP contribution in [0.25, 0.3) is 0 Å². The zero-order chi connectivity index (χ0) is 19.6. The van der Waals surface area contributed by atoms with Crippen LogP contribution in [0.2, 0.25) is 5.02 Å². The third kappa shape index (κ3) is 3.81. The Morgan fingerprint density at radius 3 is 2.56 bits per heavy atom. The highest BCUT2D eigenvalue weighted by atomic mass is 35.5. The second-order valence-electron chi connectivity index (χ2n) is 7.25. The molecule has 2 N–H and O–H groups in total. The van der Waals surface area contributed by atoms with Gasteiger partial charge in [-0.15, -0.1) is 0 Å². The molecule has 1 fully saturated rings. The Bertz CT molecular complexity index is 812. The van der Waals surface area contributed by atoms with Crippen molar-refractivity contribution in [2.24, 2.45) is 0 Å². The van der Waals surface area contributed by atoms with Crippen LogP contribution in [0, 0.1) is 0 Å². The van der Waals surface area contributed by atoms with Gasteiger partial charge in [0.1, 0.15) is 5.75 Å². The summed E-state index contributed by atoms with van der Waals surface area (Å²) in [5.41, 5.74) is 1.28. The first kappa shape index (κ1) is 19.7. The quantitative estimate of drug-likeness (QED) is 0.845. The lowest BCUT2D eigenvalue weighted by Crippen LogP contribution is -2.61. The van der Waals surface area contributed by atoms with E-state index in [2.05, 4.69) is 4.90 Å². The minimum atomic E-state index is -0.698. The fourth-order valence-electron chi connectivity index (χ4n) is 3.94. The van der Waals surface area contributed by atoms with Gasteiger partial charge in [-0.2, -0.15) is 0 Å². The van der Waals surface area contributed by atoms with Crippen LogP contribution in [0.3, 0.4) is 0 Å². The number of nitrogens with zero attached hydrogens (tertiary/aromatic N) is 2. The first-order chi connectivity index (χ1) is 12.8. The largest absolute Gasteiger partial charge is 0.506 e. The SMILES string of the molecule is CN(C)[C@]1(c2ccccc2)CCN(C(=O)Cc2ccc(O)c(Cl)c2)C[C@H]1O. The van der Waals surface area contributed by atoms with Crippen molar-refractivity contribution in [3.8, 4) is 5.75 Å². The molecule has 2 atom stereocenters. The summed E-state index contributed by atoms with van der Waals surface area (Å²) in [5, 5.41) is 20.8. The number of likely N-dealkylation sites (tertiary alicyclic amines) is 1. The molecule has 0 bridgehead atoms. The van der Waals surface area contributed by atoms with Gasteiger partial charge in [-0.25, -0.2) is 0 Å². The monoisotopic (exact) mass is 388 g/mol. The van der Waals surface area contributed by atoms with E-state index >= 15 is 0 Å². The van der Waals surface area contributed by atoms with Crippen molar-refractivity contribution in [2.45, 2.75) is 24.5 Å². The highest BCUT2D eigenvalue weighted by Crippen LogP contribution is 2.37. The van der Waals surface area contributed by atoms with E-state index in [1.165, 1.54) is 6.07 Å². The van der Waals surface area contributed by atoms with E-state index < -0.39 is 11.6 Å². The van der Waals surface area contributed by atoms with Gasteiger partial charge in [0.05, 0.1) is 23.1 Å². The number of carbonyl (C=O) groups is 1. The summed E-state index contributed by atoms with van der Waals surface area (Å²) >= 11 is 5.93. The topological polar surface area (TPSA) is 64.0 Å². The number of halogens is 1. The van der Waals surface area contributed by atoms with Gasteiger partial charge in [0.2, 0.25) is 5.91 Å². The molecule has 0 radical (unpaired) electrons. The average molecular weight is 389 g/mol. The average Bonchev–Trinajstić information content (AvgIpc) is 2.65. The van der Waals surface area contributed by atoms with Crippen LogP contribution in [0.15, 0.2) is 48.5 Å². The number of benzene rings is 2. The molecule has 0 aromatic heterocycles. The number of hydrogen-bond donors (Lipinski definition) is 2. The zero-order valence-corrected chi connectivity index (χ0v) is 16.4. The Morgan fingerprint density at radius 1 is 1.26 bits per heavy atom. The summed E-state index contributed by atoms with van der Waals surface area (Å²) in [7, 11) is 3.93. The third-order valence-corrected chi connectivity index (χ3v) is 5.80. The molecule has 27 heavy (non-hydrogen) atoms. The molecule has 2 aromatic rings. The van der Waals surface area contributed by atoms with Crippen molar-refractivity contribution < 1.29 is 15.0 Å². The summed E-state index contributed by atoms with van der Waals surface area (Å²) in [6.45, 7) is 0.840. The van der Waals surface area contributed by atoms with E-state index in [4.69, 9.17) is 11.6 Å². The molecule has 1 aliphatic heterocycles. The molecule has 6 heteroatoms.